The van der Waals surface area contributed by atoms with Gasteiger partial charge in [0.2, 0.25) is 11.8 Å². The van der Waals surface area contributed by atoms with Gasteiger partial charge in [-0.1, -0.05) is 13.3 Å². The molecule has 0 aromatic heterocycles. The van der Waals surface area contributed by atoms with Crippen LogP contribution in [0.5, 0.6) is 0 Å². The van der Waals surface area contributed by atoms with Crippen LogP contribution >= 0.6 is 0 Å². The lowest BCUT2D eigenvalue weighted by Crippen LogP contribution is -2.55. The van der Waals surface area contributed by atoms with E-state index in [2.05, 4.69) is 5.32 Å². The normalized spacial score (nSPS) is 18.9. The molecule has 0 aromatic rings. The van der Waals surface area contributed by atoms with Crippen molar-refractivity contribution in [2.45, 2.75) is 45.1 Å². The third kappa shape index (κ3) is 5.46. The first-order chi connectivity index (χ1) is 9.70. The molecule has 0 spiro atoms. The molecule has 0 aliphatic carbocycles. The Morgan fingerprint density at radius 2 is 2.15 bits per heavy atom. The molecule has 1 atom stereocenters. The maximum absolute atomic E-state index is 12.2. The van der Waals surface area contributed by atoms with Gasteiger partial charge >= 0.3 is 0 Å². The molecule has 0 aromatic carbocycles. The van der Waals surface area contributed by atoms with Crippen molar-refractivity contribution >= 4 is 11.8 Å². The second kappa shape index (κ2) is 9.72. The van der Waals surface area contributed by atoms with Gasteiger partial charge in [0.1, 0.15) is 6.04 Å². The lowest BCUT2D eigenvalue weighted by Gasteiger charge is -2.34. The first kappa shape index (κ1) is 16.9. The van der Waals surface area contributed by atoms with Gasteiger partial charge in [-0.25, -0.2) is 0 Å². The number of carbonyl (C=O) groups is 2. The zero-order chi connectivity index (χ0) is 14.8. The Kier molecular flexibility index (Phi) is 8.22. The number of nitrogens with zero attached hydrogens (tertiary/aromatic N) is 1. The molecule has 1 saturated heterocycles. The second-order valence-electron chi connectivity index (χ2n) is 5.07. The summed E-state index contributed by atoms with van der Waals surface area (Å²) >= 11 is 0. The van der Waals surface area contributed by atoms with Crippen LogP contribution in [-0.4, -0.2) is 55.6 Å². The monoisotopic (exact) mass is 285 g/mol. The number of rotatable bonds is 8. The van der Waals surface area contributed by atoms with Crippen molar-refractivity contribution in [3.05, 3.63) is 0 Å². The van der Waals surface area contributed by atoms with E-state index in [-0.39, 0.29) is 11.8 Å². The van der Waals surface area contributed by atoms with E-state index in [9.17, 15) is 9.59 Å². The Bertz CT molecular complexity index is 310. The Labute approximate surface area is 121 Å². The summed E-state index contributed by atoms with van der Waals surface area (Å²) in [6, 6.07) is -0.475. The van der Waals surface area contributed by atoms with Crippen molar-refractivity contribution in [3.63, 3.8) is 0 Å². The summed E-state index contributed by atoms with van der Waals surface area (Å²) in [5.74, 6) is -0.0659. The number of hydrogen-bond acceptors (Lipinski definition) is 4. The van der Waals surface area contributed by atoms with Gasteiger partial charge in [-0.05, 0) is 25.8 Å². The second-order valence-corrected chi connectivity index (χ2v) is 5.07. The number of ether oxygens (including phenoxy) is 1. The van der Waals surface area contributed by atoms with Crippen molar-refractivity contribution < 1.29 is 14.3 Å². The first-order valence-corrected chi connectivity index (χ1v) is 7.55. The highest BCUT2D eigenvalue weighted by molar-refractivity contribution is 5.88. The zero-order valence-electron chi connectivity index (χ0n) is 12.4. The Hall–Kier alpha value is -1.14. The summed E-state index contributed by atoms with van der Waals surface area (Å²) in [5.41, 5.74) is 5.43. The van der Waals surface area contributed by atoms with Crippen LogP contribution in [0.1, 0.15) is 39.0 Å². The number of nitrogens with one attached hydrogen (secondary N) is 1. The lowest BCUT2D eigenvalue weighted by atomic mass is 10.1. The van der Waals surface area contributed by atoms with E-state index in [1.165, 1.54) is 0 Å². The van der Waals surface area contributed by atoms with Gasteiger partial charge in [-0.3, -0.25) is 9.59 Å². The van der Waals surface area contributed by atoms with Crippen molar-refractivity contribution in [2.75, 3.05) is 32.8 Å². The molecule has 0 saturated carbocycles. The van der Waals surface area contributed by atoms with E-state index in [4.69, 9.17) is 10.5 Å². The van der Waals surface area contributed by atoms with E-state index in [0.717, 1.165) is 25.7 Å². The van der Waals surface area contributed by atoms with E-state index in [0.29, 0.717) is 39.3 Å². The highest BCUT2D eigenvalue weighted by Gasteiger charge is 2.32. The summed E-state index contributed by atoms with van der Waals surface area (Å²) in [7, 11) is 0. The number of nitrogens with two attached hydrogens (primary N) is 1. The summed E-state index contributed by atoms with van der Waals surface area (Å²) in [6.07, 6.45) is 4.09. The molecular weight excluding hydrogens is 258 g/mol. The highest BCUT2D eigenvalue weighted by Crippen LogP contribution is 2.11. The van der Waals surface area contributed by atoms with Crippen LogP contribution in [0.4, 0.5) is 0 Å². The van der Waals surface area contributed by atoms with Gasteiger partial charge in [0.05, 0.1) is 13.2 Å². The van der Waals surface area contributed by atoms with E-state index >= 15 is 0 Å². The molecule has 1 heterocycles. The first-order valence-electron chi connectivity index (χ1n) is 7.55. The van der Waals surface area contributed by atoms with Crippen molar-refractivity contribution in [3.8, 4) is 0 Å². The molecule has 0 radical (unpaired) electrons. The van der Waals surface area contributed by atoms with Crippen LogP contribution in [0.3, 0.4) is 0 Å². The lowest BCUT2D eigenvalue weighted by molar-refractivity contribution is -0.148. The number of morpholine rings is 1. The molecule has 1 fully saturated rings. The van der Waals surface area contributed by atoms with Crippen LogP contribution in [0.15, 0.2) is 0 Å². The number of hydrogen-bond donors (Lipinski definition) is 2. The van der Waals surface area contributed by atoms with Crippen LogP contribution in [0, 0.1) is 0 Å². The predicted molar refractivity (Wildman–Crippen MR) is 77.1 cm³/mol. The fraction of sp³-hybridized carbons (Fsp3) is 0.857. The Morgan fingerprint density at radius 1 is 1.35 bits per heavy atom. The molecule has 6 nitrogen and oxygen atoms in total. The summed E-state index contributed by atoms with van der Waals surface area (Å²) in [4.78, 5) is 25.9. The third-order valence-corrected chi connectivity index (χ3v) is 3.40. The molecule has 116 valence electrons. The molecule has 1 aliphatic heterocycles. The van der Waals surface area contributed by atoms with Crippen molar-refractivity contribution in [2.24, 2.45) is 5.73 Å². The van der Waals surface area contributed by atoms with Crippen molar-refractivity contribution in [1.82, 2.24) is 10.2 Å². The maximum Gasteiger partial charge on any atom is 0.245 e. The quantitative estimate of drug-likeness (QED) is 0.627. The average molecular weight is 285 g/mol. The Balaban J connectivity index is 2.46. The molecule has 1 aliphatic rings. The minimum Gasteiger partial charge on any atom is -0.377 e. The standard InChI is InChI=1S/C14H27N3O3/c1-2-8-16-14(19)12-11-20-10-9-17(12)13(18)6-4-3-5-7-15/h12H,2-11,15H2,1H3,(H,16,19). The number of carbonyl (C=O) groups excluding carboxylic acids is 2. The fourth-order valence-electron chi connectivity index (χ4n) is 2.23. The minimum atomic E-state index is -0.475. The molecule has 1 unspecified atom stereocenters. The van der Waals surface area contributed by atoms with Gasteiger partial charge in [-0.2, -0.15) is 0 Å². The van der Waals surface area contributed by atoms with Gasteiger partial charge < -0.3 is 20.7 Å². The average Bonchev–Trinajstić information content (AvgIpc) is 2.49. The topological polar surface area (TPSA) is 84.7 Å². The fourth-order valence-corrected chi connectivity index (χ4v) is 2.23. The highest BCUT2D eigenvalue weighted by atomic mass is 16.5. The summed E-state index contributed by atoms with van der Waals surface area (Å²) < 4.78 is 5.34. The van der Waals surface area contributed by atoms with Crippen molar-refractivity contribution in [1.29, 1.82) is 0 Å². The van der Waals surface area contributed by atoms with Crippen LogP contribution in [0.25, 0.3) is 0 Å². The summed E-state index contributed by atoms with van der Waals surface area (Å²) in [6.45, 7) is 4.59. The van der Waals surface area contributed by atoms with Gasteiger partial charge in [-0.15, -0.1) is 0 Å². The predicted octanol–water partition coefficient (Wildman–Crippen LogP) is 0.259. The van der Waals surface area contributed by atoms with Gasteiger partial charge in [0.15, 0.2) is 0 Å². The SMILES string of the molecule is CCCNC(=O)C1COCCN1C(=O)CCCCCN. The number of unbranched alkanes of at least 4 members (excludes halogenated alkanes) is 2. The van der Waals surface area contributed by atoms with E-state index in [1.54, 1.807) is 4.90 Å². The smallest absolute Gasteiger partial charge is 0.245 e. The van der Waals surface area contributed by atoms with Crippen LogP contribution < -0.4 is 11.1 Å². The molecule has 20 heavy (non-hydrogen) atoms. The molecular formula is C14H27N3O3. The van der Waals surface area contributed by atoms with Crippen LogP contribution in [-0.2, 0) is 14.3 Å². The van der Waals surface area contributed by atoms with E-state index in [1.807, 2.05) is 6.92 Å². The molecule has 3 N–H and O–H groups in total. The van der Waals surface area contributed by atoms with E-state index < -0.39 is 6.04 Å². The molecule has 1 rings (SSSR count). The third-order valence-electron chi connectivity index (χ3n) is 3.40. The van der Waals surface area contributed by atoms with Gasteiger partial charge in [0.25, 0.3) is 0 Å². The minimum absolute atomic E-state index is 0.0435. The Morgan fingerprint density at radius 3 is 2.85 bits per heavy atom. The number of amides is 2. The van der Waals surface area contributed by atoms with Gasteiger partial charge in [0, 0.05) is 19.5 Å². The molecule has 6 heteroatoms. The maximum atomic E-state index is 12.2. The molecule has 2 amide bonds. The largest absolute Gasteiger partial charge is 0.377 e. The van der Waals surface area contributed by atoms with Crippen LogP contribution in [0.2, 0.25) is 0 Å². The summed E-state index contributed by atoms with van der Waals surface area (Å²) in [5, 5.41) is 2.83. The molecule has 0 bridgehead atoms. The zero-order valence-corrected chi connectivity index (χ0v) is 12.4.